The van der Waals surface area contributed by atoms with E-state index in [-0.39, 0.29) is 16.9 Å². The Bertz CT molecular complexity index is 1570. The van der Waals surface area contributed by atoms with Crippen LogP contribution in [-0.4, -0.2) is 57.7 Å². The van der Waals surface area contributed by atoms with Gasteiger partial charge in [0.05, 0.1) is 35.1 Å². The zero-order chi connectivity index (χ0) is 23.1. The summed E-state index contributed by atoms with van der Waals surface area (Å²) in [4.78, 5) is 38.5. The van der Waals surface area contributed by atoms with E-state index in [9.17, 15) is 9.59 Å². The van der Waals surface area contributed by atoms with Gasteiger partial charge in [-0.05, 0) is 24.3 Å². The van der Waals surface area contributed by atoms with Crippen molar-refractivity contribution in [1.29, 1.82) is 0 Å². The van der Waals surface area contributed by atoms with Gasteiger partial charge in [-0.1, -0.05) is 12.1 Å². The number of hydrogen-bond donors (Lipinski definition) is 1. The number of benzene rings is 1. The lowest BCUT2D eigenvalue weighted by Gasteiger charge is -2.27. The monoisotopic (exact) mass is 474 g/mol. The minimum atomic E-state index is -0.381. The van der Waals surface area contributed by atoms with E-state index in [2.05, 4.69) is 15.2 Å². The number of aromatic nitrogens is 4. The summed E-state index contributed by atoms with van der Waals surface area (Å²) in [6, 6.07) is 11.5. The number of amides is 1. The number of ether oxygens (including phenoxy) is 1. The van der Waals surface area contributed by atoms with Gasteiger partial charge < -0.3 is 19.5 Å². The number of morpholine rings is 1. The summed E-state index contributed by atoms with van der Waals surface area (Å²) in [6.07, 6.45) is 5.22. The average Bonchev–Trinajstić information content (AvgIpc) is 3.52. The Labute approximate surface area is 198 Å². The fourth-order valence-electron chi connectivity index (χ4n) is 4.35. The lowest BCUT2D eigenvalue weighted by atomic mass is 10.1. The van der Waals surface area contributed by atoms with Crippen molar-refractivity contribution in [3.05, 3.63) is 70.9 Å². The summed E-state index contributed by atoms with van der Waals surface area (Å²) in [5, 5.41) is 3.33. The minimum Gasteiger partial charge on any atom is -0.378 e. The predicted octanol–water partition coefficient (Wildman–Crippen LogP) is 2.53. The lowest BCUT2D eigenvalue weighted by Crippen LogP contribution is -2.37. The Hall–Kier alpha value is -3.76. The number of hydrogen-bond acceptors (Lipinski definition) is 7. The molecule has 172 valence electrons. The van der Waals surface area contributed by atoms with Gasteiger partial charge in [0.2, 0.25) is 5.43 Å². The number of fused-ring (bicyclic) bond motifs is 5. The zero-order valence-electron chi connectivity index (χ0n) is 18.3. The first kappa shape index (κ1) is 20.8. The lowest BCUT2D eigenvalue weighted by molar-refractivity contribution is 0.0953. The van der Waals surface area contributed by atoms with Gasteiger partial charge in [-0.25, -0.2) is 9.97 Å². The molecule has 10 heteroatoms. The second kappa shape index (κ2) is 8.54. The van der Waals surface area contributed by atoms with Crippen LogP contribution in [0.5, 0.6) is 0 Å². The van der Waals surface area contributed by atoms with E-state index < -0.39 is 0 Å². The largest absolute Gasteiger partial charge is 0.378 e. The molecule has 9 nitrogen and oxygen atoms in total. The Kier molecular flexibility index (Phi) is 5.23. The summed E-state index contributed by atoms with van der Waals surface area (Å²) in [5.41, 5.74) is 1.34. The number of para-hydroxylation sites is 1. The van der Waals surface area contributed by atoms with Crippen molar-refractivity contribution in [1.82, 2.24) is 24.3 Å². The fraction of sp³-hybridized carbons (Fsp3) is 0.250. The second-order valence-electron chi connectivity index (χ2n) is 8.11. The number of imidazole rings is 1. The number of rotatable bonds is 5. The number of nitrogens with zero attached hydrogens (tertiary/aromatic N) is 5. The van der Waals surface area contributed by atoms with Gasteiger partial charge in [-0.15, -0.1) is 11.3 Å². The highest BCUT2D eigenvalue weighted by molar-refractivity contribution is 7.24. The normalized spacial score (nSPS) is 14.3. The standard InChI is InChI=1S/C24H22N6O3S/c31-21-16-5-6-19(29-11-13-33-14-12-29)27-22(16)30-17-3-1-2-4-18(17)34-24(30)20(21)23(32)26-8-10-28-9-7-25-15-28/h1-7,9,15H,8,10-14H2,(H,26,32). The van der Waals surface area contributed by atoms with Crippen LogP contribution in [0.4, 0.5) is 5.82 Å². The van der Waals surface area contributed by atoms with Gasteiger partial charge >= 0.3 is 0 Å². The van der Waals surface area contributed by atoms with Crippen molar-refractivity contribution in [3.63, 3.8) is 0 Å². The van der Waals surface area contributed by atoms with Crippen LogP contribution in [0.3, 0.4) is 0 Å². The van der Waals surface area contributed by atoms with Crippen LogP contribution < -0.4 is 15.6 Å². The van der Waals surface area contributed by atoms with Gasteiger partial charge in [-0.3, -0.25) is 14.0 Å². The maximum absolute atomic E-state index is 13.6. The molecule has 6 rings (SSSR count). The van der Waals surface area contributed by atoms with Crippen molar-refractivity contribution in [2.45, 2.75) is 6.54 Å². The zero-order valence-corrected chi connectivity index (χ0v) is 19.1. The van der Waals surface area contributed by atoms with Crippen molar-refractivity contribution in [3.8, 4) is 0 Å². The molecule has 0 atom stereocenters. The molecule has 1 saturated heterocycles. The molecule has 0 spiro atoms. The predicted molar refractivity (Wildman–Crippen MR) is 132 cm³/mol. The Morgan fingerprint density at radius 1 is 1.15 bits per heavy atom. The van der Waals surface area contributed by atoms with Gasteiger partial charge in [0.25, 0.3) is 5.91 Å². The van der Waals surface area contributed by atoms with Crippen LogP contribution in [0.1, 0.15) is 10.4 Å². The Morgan fingerprint density at radius 3 is 2.82 bits per heavy atom. The number of thiazole rings is 1. The third kappa shape index (κ3) is 3.51. The van der Waals surface area contributed by atoms with Crippen molar-refractivity contribution < 1.29 is 9.53 Å². The molecule has 0 aliphatic carbocycles. The first-order valence-corrected chi connectivity index (χ1v) is 12.0. The highest BCUT2D eigenvalue weighted by Crippen LogP contribution is 2.31. The van der Waals surface area contributed by atoms with Crippen LogP contribution in [-0.2, 0) is 11.3 Å². The fourth-order valence-corrected chi connectivity index (χ4v) is 5.54. The van der Waals surface area contributed by atoms with Crippen LogP contribution >= 0.6 is 11.3 Å². The highest BCUT2D eigenvalue weighted by atomic mass is 32.1. The molecular weight excluding hydrogens is 452 g/mol. The summed E-state index contributed by atoms with van der Waals surface area (Å²) in [6.45, 7) is 3.75. The molecule has 1 aliphatic rings. The Morgan fingerprint density at radius 2 is 2.00 bits per heavy atom. The molecule has 0 saturated carbocycles. The van der Waals surface area contributed by atoms with Crippen LogP contribution in [0.15, 0.2) is 59.9 Å². The summed E-state index contributed by atoms with van der Waals surface area (Å²) < 4.78 is 10.3. The molecule has 0 unspecified atom stereocenters. The van der Waals surface area contributed by atoms with Gasteiger partial charge in [-0.2, -0.15) is 0 Å². The first-order valence-electron chi connectivity index (χ1n) is 11.1. The molecule has 5 aromatic rings. The topological polar surface area (TPSA) is 93.8 Å². The summed E-state index contributed by atoms with van der Waals surface area (Å²) in [5.74, 6) is 0.421. The van der Waals surface area contributed by atoms with Crippen molar-refractivity contribution in [2.24, 2.45) is 0 Å². The van der Waals surface area contributed by atoms with E-state index in [1.54, 1.807) is 18.6 Å². The molecule has 0 bridgehead atoms. The average molecular weight is 475 g/mol. The highest BCUT2D eigenvalue weighted by Gasteiger charge is 2.23. The van der Waals surface area contributed by atoms with Crippen LogP contribution in [0, 0.1) is 0 Å². The molecule has 1 aliphatic heterocycles. The van der Waals surface area contributed by atoms with Crippen LogP contribution in [0.25, 0.3) is 26.1 Å². The van der Waals surface area contributed by atoms with E-state index in [0.29, 0.717) is 42.2 Å². The molecule has 1 aromatic carbocycles. The van der Waals surface area contributed by atoms with Gasteiger partial charge in [0, 0.05) is 38.6 Å². The van der Waals surface area contributed by atoms with Crippen molar-refractivity contribution in [2.75, 3.05) is 37.7 Å². The molecule has 4 aromatic heterocycles. The molecule has 1 amide bonds. The van der Waals surface area contributed by atoms with Gasteiger partial charge in [0.15, 0.2) is 5.65 Å². The third-order valence-electron chi connectivity index (χ3n) is 6.05. The molecule has 34 heavy (non-hydrogen) atoms. The van der Waals surface area contributed by atoms with E-state index in [0.717, 1.165) is 29.1 Å². The van der Waals surface area contributed by atoms with Crippen LogP contribution in [0.2, 0.25) is 0 Å². The van der Waals surface area contributed by atoms with E-state index in [1.165, 1.54) is 11.3 Å². The number of carbonyl (C=O) groups is 1. The summed E-state index contributed by atoms with van der Waals surface area (Å²) in [7, 11) is 0. The minimum absolute atomic E-state index is 0.153. The second-order valence-corrected chi connectivity index (χ2v) is 9.14. The maximum atomic E-state index is 13.6. The molecule has 1 fully saturated rings. The smallest absolute Gasteiger partial charge is 0.258 e. The quantitative estimate of drug-likeness (QED) is 0.421. The summed E-state index contributed by atoms with van der Waals surface area (Å²) >= 11 is 1.43. The molecule has 5 heterocycles. The van der Waals surface area contributed by atoms with E-state index in [4.69, 9.17) is 9.72 Å². The third-order valence-corrected chi connectivity index (χ3v) is 7.20. The number of anilines is 1. The van der Waals surface area contributed by atoms with E-state index >= 15 is 0 Å². The maximum Gasteiger partial charge on any atom is 0.258 e. The molecular formula is C24H22N6O3S. The number of pyridine rings is 2. The van der Waals surface area contributed by atoms with E-state index in [1.807, 2.05) is 45.5 Å². The van der Waals surface area contributed by atoms with Gasteiger partial charge in [0.1, 0.15) is 16.2 Å². The van der Waals surface area contributed by atoms with Crippen molar-refractivity contribution >= 4 is 49.1 Å². The molecule has 1 N–H and O–H groups in total. The number of carbonyl (C=O) groups excluding carboxylic acids is 1. The number of nitrogens with one attached hydrogen (secondary N) is 1. The first-order chi connectivity index (χ1) is 16.7. The Balaban J connectivity index is 1.50. The SMILES string of the molecule is O=C(NCCn1ccnc1)c1c(=O)c2ccc(N3CCOCC3)nc2n2c1sc1ccccc12. The molecule has 0 radical (unpaired) electrons.